The van der Waals surface area contributed by atoms with Gasteiger partial charge in [-0.25, -0.2) is 0 Å². The Morgan fingerprint density at radius 2 is 2.23 bits per heavy atom. The van der Waals surface area contributed by atoms with E-state index in [1.165, 1.54) is 24.5 Å². The summed E-state index contributed by atoms with van der Waals surface area (Å²) in [7, 11) is 0. The average molecular weight is 322 g/mol. The van der Waals surface area contributed by atoms with Crippen LogP contribution in [0.5, 0.6) is 5.06 Å². The fourth-order valence-electron chi connectivity index (χ4n) is 1.20. The summed E-state index contributed by atoms with van der Waals surface area (Å²) in [5.41, 5.74) is 0. The van der Waals surface area contributed by atoms with Crippen molar-refractivity contribution >= 4 is 55.8 Å². The van der Waals surface area contributed by atoms with Crippen molar-refractivity contribution in [2.24, 2.45) is 0 Å². The second-order valence-electron chi connectivity index (χ2n) is 2.58. The highest BCUT2D eigenvalue weighted by molar-refractivity contribution is 14.1. The van der Waals surface area contributed by atoms with E-state index in [9.17, 15) is 5.11 Å². The number of aromatic hydroxyl groups is 1. The Balaban J connectivity index is 2.78. The molecule has 13 heavy (non-hydrogen) atoms. The zero-order valence-corrected chi connectivity index (χ0v) is 10.7. The standard InChI is InChI=1S/C9H7IOS2/c1-12-6-3-2-5-4-7(11)13-9(5)8(6)10/h2-4,11H,1H3. The van der Waals surface area contributed by atoms with E-state index < -0.39 is 0 Å². The van der Waals surface area contributed by atoms with E-state index in [0.29, 0.717) is 5.06 Å². The Bertz CT molecular complexity index is 450. The molecule has 0 saturated heterocycles. The zero-order chi connectivity index (χ0) is 9.42. The molecule has 0 bridgehead atoms. The van der Waals surface area contributed by atoms with Crippen molar-refractivity contribution in [1.29, 1.82) is 0 Å². The van der Waals surface area contributed by atoms with Crippen LogP contribution in [-0.4, -0.2) is 11.4 Å². The molecule has 0 aliphatic heterocycles. The molecule has 0 fully saturated rings. The van der Waals surface area contributed by atoms with Crippen LogP contribution >= 0.6 is 45.7 Å². The number of thiophene rings is 1. The Morgan fingerprint density at radius 3 is 2.92 bits per heavy atom. The molecule has 0 atom stereocenters. The van der Waals surface area contributed by atoms with Crippen LogP contribution in [0.1, 0.15) is 0 Å². The fraction of sp³-hybridized carbons (Fsp3) is 0.111. The van der Waals surface area contributed by atoms with Crippen LogP contribution in [0.3, 0.4) is 0 Å². The summed E-state index contributed by atoms with van der Waals surface area (Å²) in [6.07, 6.45) is 2.07. The first-order valence-electron chi connectivity index (χ1n) is 3.67. The number of thioether (sulfide) groups is 1. The molecule has 0 aliphatic rings. The van der Waals surface area contributed by atoms with E-state index in [1.54, 1.807) is 11.8 Å². The first-order valence-corrected chi connectivity index (χ1v) is 6.79. The Hall–Kier alpha value is 0.0600. The van der Waals surface area contributed by atoms with Gasteiger partial charge in [-0.2, -0.15) is 0 Å². The Labute approximate surface area is 98.3 Å². The van der Waals surface area contributed by atoms with Gasteiger partial charge in [0, 0.05) is 8.47 Å². The van der Waals surface area contributed by atoms with Gasteiger partial charge in [-0.05, 0) is 46.4 Å². The maximum absolute atomic E-state index is 9.35. The molecular weight excluding hydrogens is 315 g/mol. The number of hydrogen-bond donors (Lipinski definition) is 1. The quantitative estimate of drug-likeness (QED) is 0.634. The van der Waals surface area contributed by atoms with Gasteiger partial charge in [0.05, 0.1) is 4.70 Å². The molecule has 0 spiro atoms. The highest BCUT2D eigenvalue weighted by Gasteiger charge is 2.07. The summed E-state index contributed by atoms with van der Waals surface area (Å²) in [5, 5.41) is 10.9. The minimum atomic E-state index is 0.395. The average Bonchev–Trinajstić information content (AvgIpc) is 2.47. The van der Waals surface area contributed by atoms with Crippen molar-refractivity contribution in [1.82, 2.24) is 0 Å². The molecule has 2 aromatic rings. The Morgan fingerprint density at radius 1 is 1.46 bits per heavy atom. The van der Waals surface area contributed by atoms with Crippen LogP contribution in [0.25, 0.3) is 10.1 Å². The second-order valence-corrected chi connectivity index (χ2v) is 5.54. The Kier molecular flexibility index (Phi) is 2.71. The zero-order valence-electron chi connectivity index (χ0n) is 6.87. The highest BCUT2D eigenvalue weighted by Crippen LogP contribution is 2.37. The maximum atomic E-state index is 9.35. The molecular formula is C9H7IOS2. The highest BCUT2D eigenvalue weighted by atomic mass is 127. The molecule has 0 unspecified atom stereocenters. The van der Waals surface area contributed by atoms with Crippen molar-refractivity contribution in [3.05, 3.63) is 21.8 Å². The number of hydrogen-bond acceptors (Lipinski definition) is 3. The number of fused-ring (bicyclic) bond motifs is 1. The molecule has 2 rings (SSSR count). The molecule has 68 valence electrons. The monoisotopic (exact) mass is 322 g/mol. The third kappa shape index (κ3) is 1.67. The molecule has 0 aliphatic carbocycles. The third-order valence-corrected chi connectivity index (χ3v) is 5.40. The predicted octanol–water partition coefficient (Wildman–Crippen LogP) is 3.93. The van der Waals surface area contributed by atoms with E-state index >= 15 is 0 Å². The number of benzene rings is 1. The van der Waals surface area contributed by atoms with Gasteiger partial charge in [0.15, 0.2) is 5.06 Å². The van der Waals surface area contributed by atoms with Crippen LogP contribution in [0.4, 0.5) is 0 Å². The first-order chi connectivity index (χ1) is 6.22. The molecule has 1 aromatic heterocycles. The lowest BCUT2D eigenvalue weighted by Gasteiger charge is -2.00. The van der Waals surface area contributed by atoms with Crippen molar-refractivity contribution in [3.63, 3.8) is 0 Å². The van der Waals surface area contributed by atoms with Crippen molar-refractivity contribution in [2.45, 2.75) is 4.90 Å². The van der Waals surface area contributed by atoms with Gasteiger partial charge < -0.3 is 5.11 Å². The lowest BCUT2D eigenvalue weighted by Crippen LogP contribution is -1.76. The largest absolute Gasteiger partial charge is 0.499 e. The molecule has 1 nitrogen and oxygen atoms in total. The van der Waals surface area contributed by atoms with E-state index in [2.05, 4.69) is 41.0 Å². The molecule has 1 aromatic carbocycles. The summed E-state index contributed by atoms with van der Waals surface area (Å²) >= 11 is 5.51. The van der Waals surface area contributed by atoms with Crippen molar-refractivity contribution in [2.75, 3.05) is 6.26 Å². The van der Waals surface area contributed by atoms with Gasteiger partial charge in [0.25, 0.3) is 0 Å². The summed E-state index contributed by atoms with van der Waals surface area (Å²) in [6.45, 7) is 0. The molecule has 1 heterocycles. The molecule has 0 radical (unpaired) electrons. The molecule has 0 amide bonds. The SMILES string of the molecule is CSc1ccc2cc(O)sc2c1I. The van der Waals surface area contributed by atoms with Crippen LogP contribution in [0.2, 0.25) is 0 Å². The fourth-order valence-corrected chi connectivity index (χ4v) is 4.07. The summed E-state index contributed by atoms with van der Waals surface area (Å²) in [4.78, 5) is 1.27. The third-order valence-electron chi connectivity index (χ3n) is 1.80. The van der Waals surface area contributed by atoms with E-state index in [1.807, 2.05) is 6.07 Å². The normalized spacial score (nSPS) is 10.9. The van der Waals surface area contributed by atoms with Crippen molar-refractivity contribution in [3.8, 4) is 5.06 Å². The van der Waals surface area contributed by atoms with Crippen LogP contribution < -0.4 is 0 Å². The van der Waals surface area contributed by atoms with Crippen LogP contribution in [-0.2, 0) is 0 Å². The summed E-state index contributed by atoms with van der Waals surface area (Å²) in [6, 6.07) is 5.97. The summed E-state index contributed by atoms with van der Waals surface area (Å²) in [5.74, 6) is 0. The van der Waals surface area contributed by atoms with E-state index in [-0.39, 0.29) is 0 Å². The second kappa shape index (κ2) is 3.67. The van der Waals surface area contributed by atoms with Gasteiger partial charge in [0.1, 0.15) is 0 Å². The summed E-state index contributed by atoms with van der Waals surface area (Å²) < 4.78 is 2.43. The molecule has 0 saturated carbocycles. The topological polar surface area (TPSA) is 20.2 Å². The lowest BCUT2D eigenvalue weighted by atomic mass is 10.3. The number of halogens is 1. The van der Waals surface area contributed by atoms with E-state index in [4.69, 9.17) is 0 Å². The minimum absolute atomic E-state index is 0.395. The van der Waals surface area contributed by atoms with Gasteiger partial charge in [-0.15, -0.1) is 11.8 Å². The van der Waals surface area contributed by atoms with Gasteiger partial charge in [-0.3, -0.25) is 0 Å². The molecule has 1 N–H and O–H groups in total. The van der Waals surface area contributed by atoms with Crippen molar-refractivity contribution < 1.29 is 5.11 Å². The first kappa shape index (κ1) is 9.61. The van der Waals surface area contributed by atoms with Gasteiger partial charge >= 0.3 is 0 Å². The lowest BCUT2D eigenvalue weighted by molar-refractivity contribution is 0.491. The number of rotatable bonds is 1. The predicted molar refractivity (Wildman–Crippen MR) is 68.0 cm³/mol. The van der Waals surface area contributed by atoms with Gasteiger partial charge in [0.2, 0.25) is 0 Å². The minimum Gasteiger partial charge on any atom is -0.499 e. The molecule has 4 heteroatoms. The van der Waals surface area contributed by atoms with Gasteiger partial charge in [-0.1, -0.05) is 17.4 Å². The van der Waals surface area contributed by atoms with Crippen LogP contribution in [0, 0.1) is 3.57 Å². The van der Waals surface area contributed by atoms with Crippen LogP contribution in [0.15, 0.2) is 23.1 Å². The maximum Gasteiger partial charge on any atom is 0.172 e. The van der Waals surface area contributed by atoms with E-state index in [0.717, 1.165) is 5.39 Å². The smallest absolute Gasteiger partial charge is 0.172 e.